The van der Waals surface area contributed by atoms with Gasteiger partial charge in [0.1, 0.15) is 17.2 Å². The van der Waals surface area contributed by atoms with Gasteiger partial charge in [-0.25, -0.2) is 9.97 Å². The highest BCUT2D eigenvalue weighted by Gasteiger charge is 2.14. The second-order valence-electron chi connectivity index (χ2n) is 3.89. The van der Waals surface area contributed by atoms with Crippen LogP contribution in [-0.4, -0.2) is 14.9 Å². The van der Waals surface area contributed by atoms with Gasteiger partial charge in [0.25, 0.3) is 5.69 Å². The van der Waals surface area contributed by atoms with Gasteiger partial charge in [0.15, 0.2) is 0 Å². The van der Waals surface area contributed by atoms with E-state index in [1.165, 1.54) is 24.5 Å². The lowest BCUT2D eigenvalue weighted by atomic mass is 10.2. The highest BCUT2D eigenvalue weighted by Crippen LogP contribution is 2.31. The van der Waals surface area contributed by atoms with E-state index < -0.39 is 4.92 Å². The van der Waals surface area contributed by atoms with Crippen molar-refractivity contribution in [1.29, 1.82) is 0 Å². The maximum absolute atomic E-state index is 10.7. The molecular weight excluding hydrogens is 305 g/mol. The molecule has 2 rings (SSSR count). The molecule has 0 aliphatic rings. The van der Waals surface area contributed by atoms with E-state index in [1.807, 2.05) is 0 Å². The first-order chi connectivity index (χ1) is 9.52. The second kappa shape index (κ2) is 6.02. The average Bonchev–Trinajstić information content (AvgIpc) is 2.41. The zero-order chi connectivity index (χ0) is 14.7. The molecular formula is C12H9Cl2N3O3. The van der Waals surface area contributed by atoms with Crippen LogP contribution in [0.1, 0.15) is 11.1 Å². The van der Waals surface area contributed by atoms with E-state index in [0.717, 1.165) is 0 Å². The summed E-state index contributed by atoms with van der Waals surface area (Å²) in [5.41, 5.74) is 1.07. The van der Waals surface area contributed by atoms with Crippen molar-refractivity contribution < 1.29 is 9.66 Å². The number of rotatable bonds is 4. The Balaban J connectivity index is 2.36. The summed E-state index contributed by atoms with van der Waals surface area (Å²) in [5, 5.41) is 10.9. The summed E-state index contributed by atoms with van der Waals surface area (Å²) in [6, 6.07) is 4.27. The first kappa shape index (κ1) is 14.5. The molecule has 0 N–H and O–H groups in total. The number of nitrogens with zero attached hydrogens (tertiary/aromatic N) is 3. The fourth-order valence-corrected chi connectivity index (χ4v) is 2.04. The molecule has 8 heteroatoms. The molecule has 0 fully saturated rings. The highest BCUT2D eigenvalue weighted by molar-refractivity contribution is 6.31. The summed E-state index contributed by atoms with van der Waals surface area (Å²) >= 11 is 11.7. The third-order valence-corrected chi connectivity index (χ3v) is 3.16. The van der Waals surface area contributed by atoms with Crippen molar-refractivity contribution in [3.8, 4) is 11.6 Å². The number of alkyl halides is 1. The summed E-state index contributed by atoms with van der Waals surface area (Å²) in [7, 11) is 0. The molecule has 0 saturated heterocycles. The monoisotopic (exact) mass is 313 g/mol. The number of benzene rings is 1. The molecule has 1 heterocycles. The number of hydrogen-bond acceptors (Lipinski definition) is 5. The lowest BCUT2D eigenvalue weighted by molar-refractivity contribution is -0.384. The Labute approximate surface area is 124 Å². The summed E-state index contributed by atoms with van der Waals surface area (Å²) in [4.78, 5) is 18.0. The van der Waals surface area contributed by atoms with Crippen LogP contribution in [0.4, 0.5) is 5.69 Å². The van der Waals surface area contributed by atoms with Crippen molar-refractivity contribution in [2.45, 2.75) is 12.8 Å². The number of nitro groups is 1. The van der Waals surface area contributed by atoms with Crippen LogP contribution in [0.25, 0.3) is 0 Å². The van der Waals surface area contributed by atoms with Crippen LogP contribution in [0.2, 0.25) is 5.15 Å². The first-order valence-corrected chi connectivity index (χ1v) is 6.42. The van der Waals surface area contributed by atoms with Crippen molar-refractivity contribution in [3.05, 3.63) is 50.9 Å². The van der Waals surface area contributed by atoms with E-state index in [2.05, 4.69) is 9.97 Å². The van der Waals surface area contributed by atoms with E-state index in [-0.39, 0.29) is 22.6 Å². The van der Waals surface area contributed by atoms with Gasteiger partial charge in [-0.3, -0.25) is 10.1 Å². The Morgan fingerprint density at radius 2 is 2.15 bits per heavy atom. The van der Waals surface area contributed by atoms with E-state index in [1.54, 1.807) is 6.92 Å². The predicted octanol–water partition coefficient (Wildman–Crippen LogP) is 3.88. The Morgan fingerprint density at radius 3 is 2.75 bits per heavy atom. The van der Waals surface area contributed by atoms with Crippen LogP contribution < -0.4 is 4.74 Å². The fraction of sp³-hybridized carbons (Fsp3) is 0.167. The van der Waals surface area contributed by atoms with Crippen molar-refractivity contribution in [3.63, 3.8) is 0 Å². The minimum Gasteiger partial charge on any atom is -0.438 e. The van der Waals surface area contributed by atoms with Gasteiger partial charge in [-0.2, -0.15) is 0 Å². The number of aromatic nitrogens is 2. The van der Waals surface area contributed by atoms with E-state index in [0.29, 0.717) is 16.9 Å². The predicted molar refractivity (Wildman–Crippen MR) is 74.5 cm³/mol. The lowest BCUT2D eigenvalue weighted by Crippen LogP contribution is -1.97. The van der Waals surface area contributed by atoms with Crippen molar-refractivity contribution in [2.75, 3.05) is 0 Å². The third-order valence-electron chi connectivity index (χ3n) is 2.56. The fourth-order valence-electron chi connectivity index (χ4n) is 1.54. The molecule has 1 aromatic heterocycles. The van der Waals surface area contributed by atoms with Gasteiger partial charge in [-0.1, -0.05) is 11.6 Å². The molecule has 20 heavy (non-hydrogen) atoms. The largest absolute Gasteiger partial charge is 0.438 e. The van der Waals surface area contributed by atoms with Gasteiger partial charge >= 0.3 is 0 Å². The van der Waals surface area contributed by atoms with Gasteiger partial charge in [0.05, 0.1) is 16.4 Å². The third kappa shape index (κ3) is 2.97. The molecule has 6 nitrogen and oxygen atoms in total. The molecule has 0 atom stereocenters. The van der Waals surface area contributed by atoms with Crippen LogP contribution in [-0.2, 0) is 5.88 Å². The van der Waals surface area contributed by atoms with E-state index >= 15 is 0 Å². The highest BCUT2D eigenvalue weighted by atomic mass is 35.5. The Hall–Kier alpha value is -1.92. The quantitative estimate of drug-likeness (QED) is 0.370. The second-order valence-corrected chi connectivity index (χ2v) is 4.52. The maximum Gasteiger partial charge on any atom is 0.269 e. The molecule has 0 saturated carbocycles. The van der Waals surface area contributed by atoms with Gasteiger partial charge < -0.3 is 4.74 Å². The molecule has 0 spiro atoms. The Morgan fingerprint density at radius 1 is 1.40 bits per heavy atom. The first-order valence-electron chi connectivity index (χ1n) is 5.51. The summed E-state index contributed by atoms with van der Waals surface area (Å²) < 4.78 is 5.60. The van der Waals surface area contributed by atoms with Gasteiger partial charge in [-0.15, -0.1) is 11.6 Å². The minimum absolute atomic E-state index is 0.00635. The van der Waals surface area contributed by atoms with Crippen LogP contribution in [0, 0.1) is 17.0 Å². The topological polar surface area (TPSA) is 78.2 Å². The smallest absolute Gasteiger partial charge is 0.269 e. The molecule has 0 aliphatic heterocycles. The Bertz CT molecular complexity index is 664. The molecule has 0 bridgehead atoms. The van der Waals surface area contributed by atoms with Crippen molar-refractivity contribution >= 4 is 28.9 Å². The van der Waals surface area contributed by atoms with Crippen LogP contribution in [0.5, 0.6) is 11.6 Å². The summed E-state index contributed by atoms with van der Waals surface area (Å²) in [6.07, 6.45) is 1.26. The molecule has 0 aliphatic carbocycles. The number of nitro benzene ring substituents is 1. The Kier molecular flexibility index (Phi) is 4.36. The van der Waals surface area contributed by atoms with E-state index in [4.69, 9.17) is 27.9 Å². The van der Waals surface area contributed by atoms with E-state index in [9.17, 15) is 10.1 Å². The number of ether oxygens (including phenoxy) is 1. The molecule has 1 aromatic carbocycles. The molecule has 104 valence electrons. The zero-order valence-corrected chi connectivity index (χ0v) is 11.9. The number of halogens is 2. The normalized spacial score (nSPS) is 10.3. The van der Waals surface area contributed by atoms with Gasteiger partial charge in [0.2, 0.25) is 5.88 Å². The lowest BCUT2D eigenvalue weighted by Gasteiger charge is -2.10. The van der Waals surface area contributed by atoms with Crippen LogP contribution in [0.15, 0.2) is 24.5 Å². The van der Waals surface area contributed by atoms with Crippen molar-refractivity contribution in [1.82, 2.24) is 9.97 Å². The number of non-ortho nitro benzene ring substituents is 1. The van der Waals surface area contributed by atoms with Crippen molar-refractivity contribution in [2.24, 2.45) is 0 Å². The minimum atomic E-state index is -0.470. The average molecular weight is 314 g/mol. The summed E-state index contributed by atoms with van der Waals surface area (Å²) in [6.45, 7) is 1.70. The van der Waals surface area contributed by atoms with Gasteiger partial charge in [0, 0.05) is 12.1 Å². The van der Waals surface area contributed by atoms with Crippen LogP contribution in [0.3, 0.4) is 0 Å². The molecule has 2 aromatic rings. The van der Waals surface area contributed by atoms with Gasteiger partial charge in [-0.05, 0) is 18.6 Å². The zero-order valence-electron chi connectivity index (χ0n) is 10.3. The maximum atomic E-state index is 10.7. The number of hydrogen-bond donors (Lipinski definition) is 0. The molecule has 0 amide bonds. The SMILES string of the molecule is Cc1cc([N+](=O)[O-])ccc1Oc1ncnc(Cl)c1CCl. The number of aryl methyl sites for hydroxylation is 1. The summed E-state index contributed by atoms with van der Waals surface area (Å²) in [5.74, 6) is 0.773. The molecule has 0 radical (unpaired) electrons. The molecule has 0 unspecified atom stereocenters. The van der Waals surface area contributed by atoms with Crippen LogP contribution >= 0.6 is 23.2 Å². The standard InChI is InChI=1S/C12H9Cl2N3O3/c1-7-4-8(17(18)19)2-3-10(7)20-12-9(5-13)11(14)15-6-16-12/h2-4,6H,5H2,1H3.